The molecule has 0 aliphatic carbocycles. The van der Waals surface area contributed by atoms with Gasteiger partial charge in [0.15, 0.2) is 11.5 Å². The van der Waals surface area contributed by atoms with E-state index in [1.54, 1.807) is 0 Å². The molecule has 28 heavy (non-hydrogen) atoms. The van der Waals surface area contributed by atoms with Crippen molar-refractivity contribution in [2.24, 2.45) is 5.10 Å². The molecule has 0 saturated carbocycles. The molecular weight excluding hydrogens is 401 g/mol. The maximum Gasteiger partial charge on any atom is 0.417 e. The highest BCUT2D eigenvalue weighted by Gasteiger charge is 2.33. The lowest BCUT2D eigenvalue weighted by Crippen LogP contribution is -2.18. The second kappa shape index (κ2) is 8.83. The standard InChI is InChI=1S/C18H16ClF3N2O4/c1-26-14-7-11(8-15(27-2)16(14)28-3)17(25)24-23-9-10-4-5-13(19)12(6-10)18(20,21)22/h4-9H,1-3H3,(H,24,25)/b23-9+. The van der Waals surface area contributed by atoms with E-state index in [0.29, 0.717) is 5.75 Å². The van der Waals surface area contributed by atoms with Crippen LogP contribution in [-0.2, 0) is 6.18 Å². The minimum atomic E-state index is -4.60. The van der Waals surface area contributed by atoms with Crippen molar-refractivity contribution in [2.45, 2.75) is 6.18 Å². The molecule has 2 rings (SSSR count). The van der Waals surface area contributed by atoms with Crippen LogP contribution in [-0.4, -0.2) is 33.5 Å². The molecule has 150 valence electrons. The van der Waals surface area contributed by atoms with Crippen molar-refractivity contribution in [1.29, 1.82) is 0 Å². The molecule has 6 nitrogen and oxygen atoms in total. The highest BCUT2D eigenvalue weighted by Crippen LogP contribution is 2.38. The van der Waals surface area contributed by atoms with Gasteiger partial charge in [-0.05, 0) is 29.8 Å². The van der Waals surface area contributed by atoms with Gasteiger partial charge in [-0.25, -0.2) is 5.43 Å². The molecule has 0 saturated heterocycles. The number of alkyl halides is 3. The van der Waals surface area contributed by atoms with E-state index < -0.39 is 22.7 Å². The van der Waals surface area contributed by atoms with Gasteiger partial charge >= 0.3 is 6.18 Å². The van der Waals surface area contributed by atoms with Gasteiger partial charge in [0, 0.05) is 5.56 Å². The Labute approximate surface area is 163 Å². The average molecular weight is 417 g/mol. The third kappa shape index (κ3) is 4.86. The molecule has 10 heteroatoms. The molecule has 0 radical (unpaired) electrons. The molecular formula is C18H16ClF3N2O4. The number of ether oxygens (including phenoxy) is 3. The van der Waals surface area contributed by atoms with Crippen molar-refractivity contribution in [3.63, 3.8) is 0 Å². The van der Waals surface area contributed by atoms with Crippen molar-refractivity contribution in [1.82, 2.24) is 5.43 Å². The zero-order chi connectivity index (χ0) is 20.9. The van der Waals surface area contributed by atoms with Crippen molar-refractivity contribution in [2.75, 3.05) is 21.3 Å². The summed E-state index contributed by atoms with van der Waals surface area (Å²) in [6.45, 7) is 0. The second-order valence-corrected chi connectivity index (χ2v) is 5.76. The zero-order valence-corrected chi connectivity index (χ0v) is 15.8. The van der Waals surface area contributed by atoms with Crippen LogP contribution >= 0.6 is 11.6 Å². The Balaban J connectivity index is 2.21. The van der Waals surface area contributed by atoms with Crippen LogP contribution in [0.4, 0.5) is 13.2 Å². The van der Waals surface area contributed by atoms with E-state index in [0.717, 1.165) is 18.3 Å². The Morgan fingerprint density at radius 2 is 1.68 bits per heavy atom. The minimum Gasteiger partial charge on any atom is -0.493 e. The maximum absolute atomic E-state index is 12.9. The molecule has 1 N–H and O–H groups in total. The number of hydrogen-bond donors (Lipinski definition) is 1. The first-order chi connectivity index (χ1) is 13.2. The van der Waals surface area contributed by atoms with Crippen molar-refractivity contribution in [3.05, 3.63) is 52.0 Å². The van der Waals surface area contributed by atoms with Crippen LogP contribution in [0.15, 0.2) is 35.4 Å². The second-order valence-electron chi connectivity index (χ2n) is 5.35. The van der Waals surface area contributed by atoms with Crippen molar-refractivity contribution >= 4 is 23.7 Å². The summed E-state index contributed by atoms with van der Waals surface area (Å²) in [4.78, 5) is 12.3. The summed E-state index contributed by atoms with van der Waals surface area (Å²) >= 11 is 5.56. The van der Waals surface area contributed by atoms with Gasteiger partial charge in [-0.15, -0.1) is 0 Å². The molecule has 0 atom stereocenters. The van der Waals surface area contributed by atoms with Gasteiger partial charge in [-0.3, -0.25) is 4.79 Å². The number of nitrogens with zero attached hydrogens (tertiary/aromatic N) is 1. The number of carbonyl (C=O) groups excluding carboxylic acids is 1. The molecule has 1 amide bonds. The first kappa shape index (κ1) is 21.4. The SMILES string of the molecule is COc1cc(C(=O)N/N=C/c2ccc(Cl)c(C(F)(F)F)c2)cc(OC)c1OC. The highest BCUT2D eigenvalue weighted by molar-refractivity contribution is 6.31. The van der Waals surface area contributed by atoms with Gasteiger partial charge in [-0.1, -0.05) is 17.7 Å². The van der Waals surface area contributed by atoms with E-state index in [4.69, 9.17) is 25.8 Å². The number of benzene rings is 2. The van der Waals surface area contributed by atoms with E-state index in [-0.39, 0.29) is 22.6 Å². The summed E-state index contributed by atoms with van der Waals surface area (Å²) < 4.78 is 54.1. The number of methoxy groups -OCH3 is 3. The number of nitrogens with one attached hydrogen (secondary N) is 1. The highest BCUT2D eigenvalue weighted by atomic mass is 35.5. The summed E-state index contributed by atoms with van der Waals surface area (Å²) in [5, 5.41) is 3.25. The van der Waals surface area contributed by atoms with Crippen LogP contribution in [0.1, 0.15) is 21.5 Å². The monoisotopic (exact) mass is 416 g/mol. The van der Waals surface area contributed by atoms with Gasteiger partial charge < -0.3 is 14.2 Å². The average Bonchev–Trinajstić information content (AvgIpc) is 2.66. The largest absolute Gasteiger partial charge is 0.493 e. The van der Waals surface area contributed by atoms with Gasteiger partial charge in [0.1, 0.15) is 0 Å². The fourth-order valence-corrected chi connectivity index (χ4v) is 2.51. The number of hydrazone groups is 1. The Hall–Kier alpha value is -2.94. The Morgan fingerprint density at radius 1 is 1.07 bits per heavy atom. The summed E-state index contributed by atoms with van der Waals surface area (Å²) in [6.07, 6.45) is -3.53. The lowest BCUT2D eigenvalue weighted by atomic mass is 10.1. The van der Waals surface area contributed by atoms with Gasteiger partial charge in [0.2, 0.25) is 5.75 Å². The third-order valence-corrected chi connectivity index (χ3v) is 3.93. The molecule has 0 unspecified atom stereocenters. The van der Waals surface area contributed by atoms with Crippen LogP contribution in [0, 0.1) is 0 Å². The Morgan fingerprint density at radius 3 is 2.18 bits per heavy atom. The summed E-state index contributed by atoms with van der Waals surface area (Å²) in [5.41, 5.74) is 1.50. The molecule has 0 aromatic heterocycles. The number of halogens is 4. The summed E-state index contributed by atoms with van der Waals surface area (Å²) in [6, 6.07) is 6.10. The van der Waals surface area contributed by atoms with E-state index in [9.17, 15) is 18.0 Å². The predicted molar refractivity (Wildman–Crippen MR) is 97.6 cm³/mol. The zero-order valence-electron chi connectivity index (χ0n) is 15.1. The van der Waals surface area contributed by atoms with Gasteiger partial charge in [-0.2, -0.15) is 18.3 Å². The van der Waals surface area contributed by atoms with Gasteiger partial charge in [0.25, 0.3) is 5.91 Å². The van der Waals surface area contributed by atoms with Crippen molar-refractivity contribution < 1.29 is 32.2 Å². The lowest BCUT2D eigenvalue weighted by molar-refractivity contribution is -0.137. The summed E-state index contributed by atoms with van der Waals surface area (Å²) in [7, 11) is 4.22. The number of carbonyl (C=O) groups is 1. The maximum atomic E-state index is 12.9. The van der Waals surface area contributed by atoms with Crippen LogP contribution in [0.25, 0.3) is 0 Å². The van der Waals surface area contributed by atoms with E-state index in [1.165, 1.54) is 39.5 Å². The van der Waals surface area contributed by atoms with Crippen LogP contribution < -0.4 is 19.6 Å². The van der Waals surface area contributed by atoms with Crippen LogP contribution in [0.5, 0.6) is 17.2 Å². The molecule has 0 aliphatic heterocycles. The minimum absolute atomic E-state index is 0.113. The first-order valence-corrected chi connectivity index (χ1v) is 8.09. The predicted octanol–water partition coefficient (Wildman–Crippen LogP) is 4.15. The van der Waals surface area contributed by atoms with E-state index >= 15 is 0 Å². The molecule has 0 spiro atoms. The first-order valence-electron chi connectivity index (χ1n) is 7.71. The number of rotatable bonds is 6. The topological polar surface area (TPSA) is 69.2 Å². The van der Waals surface area contributed by atoms with Crippen LogP contribution in [0.2, 0.25) is 5.02 Å². The molecule has 2 aromatic rings. The molecule has 2 aromatic carbocycles. The van der Waals surface area contributed by atoms with Crippen molar-refractivity contribution in [3.8, 4) is 17.2 Å². The summed E-state index contributed by atoms with van der Waals surface area (Å²) in [5.74, 6) is 0.221. The third-order valence-electron chi connectivity index (χ3n) is 3.60. The van der Waals surface area contributed by atoms with E-state index in [2.05, 4.69) is 10.5 Å². The number of amides is 1. The fraction of sp³-hybridized carbons (Fsp3) is 0.222. The Kier molecular flexibility index (Phi) is 6.74. The molecule has 0 aliphatic rings. The van der Waals surface area contributed by atoms with Crippen LogP contribution in [0.3, 0.4) is 0 Å². The molecule has 0 heterocycles. The molecule has 0 fully saturated rings. The lowest BCUT2D eigenvalue weighted by Gasteiger charge is -2.13. The van der Waals surface area contributed by atoms with E-state index in [1.807, 2.05) is 0 Å². The normalized spacial score (nSPS) is 11.4. The fourth-order valence-electron chi connectivity index (χ4n) is 2.28. The smallest absolute Gasteiger partial charge is 0.417 e. The number of hydrogen-bond acceptors (Lipinski definition) is 5. The quantitative estimate of drug-likeness (QED) is 0.567. The molecule has 0 bridgehead atoms. The van der Waals surface area contributed by atoms with Gasteiger partial charge in [0.05, 0.1) is 38.1 Å². The Bertz CT molecular complexity index is 876.